The third kappa shape index (κ3) is 4.61. The van der Waals surface area contributed by atoms with Gasteiger partial charge in [0.2, 0.25) is 0 Å². The van der Waals surface area contributed by atoms with Gasteiger partial charge in [0, 0.05) is 5.92 Å². The molecule has 1 rings (SSSR count). The number of aliphatic hydroxyl groups is 2. The zero-order chi connectivity index (χ0) is 20.2. The highest BCUT2D eigenvalue weighted by atomic mass is 16.3. The van der Waals surface area contributed by atoms with Crippen molar-refractivity contribution in [2.75, 3.05) is 0 Å². The number of carbonyl (C=O) groups is 3. The lowest BCUT2D eigenvalue weighted by atomic mass is 9.69. The number of hydrogen-bond donors (Lipinski definition) is 2. The van der Waals surface area contributed by atoms with E-state index in [4.69, 9.17) is 0 Å². The maximum Gasteiger partial charge on any atom is 0.182 e. The van der Waals surface area contributed by atoms with Crippen molar-refractivity contribution >= 4 is 17.3 Å². The van der Waals surface area contributed by atoms with Crippen LogP contribution in [-0.2, 0) is 14.4 Å². The molecule has 0 heterocycles. The zero-order valence-electron chi connectivity index (χ0n) is 17.0. The van der Waals surface area contributed by atoms with Gasteiger partial charge in [0.1, 0.15) is 11.3 Å². The van der Waals surface area contributed by atoms with Crippen molar-refractivity contribution in [2.24, 2.45) is 23.7 Å². The third-order valence-corrected chi connectivity index (χ3v) is 5.34. The largest absolute Gasteiger partial charge is 0.508 e. The molecule has 1 unspecified atom stereocenters. The summed E-state index contributed by atoms with van der Waals surface area (Å²) in [6, 6.07) is 0. The third-order valence-electron chi connectivity index (χ3n) is 5.34. The summed E-state index contributed by atoms with van der Waals surface area (Å²) in [6.07, 6.45) is 1.94. The Morgan fingerprint density at radius 1 is 1.08 bits per heavy atom. The average Bonchev–Trinajstić information content (AvgIpc) is 2.57. The monoisotopic (exact) mass is 366 g/mol. The van der Waals surface area contributed by atoms with Gasteiger partial charge in [0.05, 0.1) is 5.92 Å². The molecule has 0 saturated carbocycles. The maximum atomic E-state index is 12.9. The van der Waals surface area contributed by atoms with E-state index in [1.165, 1.54) is 0 Å². The molecule has 0 aromatic rings. The summed E-state index contributed by atoms with van der Waals surface area (Å²) in [5, 5.41) is 21.6. The highest BCUT2D eigenvalue weighted by molar-refractivity contribution is 6.29. The first-order valence-electron chi connectivity index (χ1n) is 9.76. The minimum absolute atomic E-state index is 0.0120. The van der Waals surface area contributed by atoms with Crippen LogP contribution in [0.2, 0.25) is 0 Å². The van der Waals surface area contributed by atoms with Gasteiger partial charge < -0.3 is 10.2 Å². The van der Waals surface area contributed by atoms with Gasteiger partial charge in [0.15, 0.2) is 23.0 Å². The summed E-state index contributed by atoms with van der Waals surface area (Å²) in [5.41, 5.74) is -2.50. The number of allylic oxidation sites excluding steroid dienone is 1. The molecule has 0 saturated heterocycles. The van der Waals surface area contributed by atoms with Crippen LogP contribution in [0, 0.1) is 23.7 Å². The summed E-state index contributed by atoms with van der Waals surface area (Å²) in [4.78, 5) is 38.5. The van der Waals surface area contributed by atoms with Crippen molar-refractivity contribution in [2.45, 2.75) is 79.2 Å². The molecule has 148 valence electrons. The van der Waals surface area contributed by atoms with Crippen LogP contribution in [0.15, 0.2) is 11.3 Å². The number of aliphatic hydroxyl groups excluding tert-OH is 1. The van der Waals surface area contributed by atoms with Crippen molar-refractivity contribution in [1.29, 1.82) is 0 Å². The minimum Gasteiger partial charge on any atom is -0.508 e. The topological polar surface area (TPSA) is 91.7 Å². The summed E-state index contributed by atoms with van der Waals surface area (Å²) < 4.78 is 0. The summed E-state index contributed by atoms with van der Waals surface area (Å²) in [5.74, 6) is -3.54. The van der Waals surface area contributed by atoms with Crippen LogP contribution in [-0.4, -0.2) is 33.2 Å². The van der Waals surface area contributed by atoms with Gasteiger partial charge in [-0.15, -0.1) is 0 Å². The lowest BCUT2D eigenvalue weighted by molar-refractivity contribution is -0.149. The first-order valence-corrected chi connectivity index (χ1v) is 9.76. The van der Waals surface area contributed by atoms with Crippen LogP contribution in [0.1, 0.15) is 73.6 Å². The molecule has 0 amide bonds. The molecule has 0 spiro atoms. The Hall–Kier alpha value is -1.49. The molecule has 0 aliphatic heterocycles. The Morgan fingerprint density at radius 3 is 2.08 bits per heavy atom. The van der Waals surface area contributed by atoms with Crippen molar-refractivity contribution in [3.8, 4) is 0 Å². The molecule has 0 aromatic carbocycles. The van der Waals surface area contributed by atoms with Gasteiger partial charge >= 0.3 is 0 Å². The SMILES string of the molecule is CCC(C)C(=O)C1=C(O)[C@](O)(CCC(C)C)C(=O)[C@@H](CCC(C)C)C1=O. The fourth-order valence-electron chi connectivity index (χ4n) is 3.19. The van der Waals surface area contributed by atoms with Gasteiger partial charge in [-0.25, -0.2) is 0 Å². The van der Waals surface area contributed by atoms with Crippen LogP contribution in [0.3, 0.4) is 0 Å². The molecular formula is C21H34O5. The predicted octanol–water partition coefficient (Wildman–Crippen LogP) is 3.79. The average molecular weight is 366 g/mol. The Morgan fingerprint density at radius 2 is 1.62 bits per heavy atom. The summed E-state index contributed by atoms with van der Waals surface area (Å²) >= 11 is 0. The van der Waals surface area contributed by atoms with Gasteiger partial charge in [-0.05, 0) is 43.9 Å². The second-order valence-corrected chi connectivity index (χ2v) is 8.44. The van der Waals surface area contributed by atoms with E-state index in [1.54, 1.807) is 6.92 Å². The minimum atomic E-state index is -2.14. The highest BCUT2D eigenvalue weighted by Gasteiger charge is 2.54. The Bertz CT molecular complexity index is 587. The molecule has 1 aliphatic carbocycles. The predicted molar refractivity (Wildman–Crippen MR) is 101 cm³/mol. The fourth-order valence-corrected chi connectivity index (χ4v) is 3.19. The van der Waals surface area contributed by atoms with Crippen molar-refractivity contribution in [3.63, 3.8) is 0 Å². The molecule has 0 radical (unpaired) electrons. The van der Waals surface area contributed by atoms with Crippen molar-refractivity contribution < 1.29 is 24.6 Å². The summed E-state index contributed by atoms with van der Waals surface area (Å²) in [6.45, 7) is 11.4. The number of hydrogen-bond acceptors (Lipinski definition) is 5. The van der Waals surface area contributed by atoms with E-state index in [9.17, 15) is 24.6 Å². The first-order chi connectivity index (χ1) is 12.0. The first kappa shape index (κ1) is 22.6. The summed E-state index contributed by atoms with van der Waals surface area (Å²) in [7, 11) is 0. The maximum absolute atomic E-state index is 12.9. The van der Waals surface area contributed by atoms with E-state index in [1.807, 2.05) is 34.6 Å². The van der Waals surface area contributed by atoms with E-state index in [0.717, 1.165) is 0 Å². The molecule has 5 heteroatoms. The van der Waals surface area contributed by atoms with Crippen LogP contribution in [0.5, 0.6) is 0 Å². The number of rotatable bonds is 9. The number of Topliss-reactive ketones (excluding diaryl/α,β-unsaturated/α-hetero) is 3. The second-order valence-electron chi connectivity index (χ2n) is 8.44. The van der Waals surface area contributed by atoms with Crippen molar-refractivity contribution in [3.05, 3.63) is 11.3 Å². The number of ketones is 3. The lowest BCUT2D eigenvalue weighted by Gasteiger charge is -2.36. The van der Waals surface area contributed by atoms with Crippen LogP contribution < -0.4 is 0 Å². The van der Waals surface area contributed by atoms with E-state index < -0.39 is 40.5 Å². The molecule has 0 aromatic heterocycles. The molecule has 1 aliphatic rings. The zero-order valence-corrected chi connectivity index (χ0v) is 17.0. The molecule has 0 fully saturated rings. The molecule has 2 N–H and O–H groups in total. The van der Waals surface area contributed by atoms with Gasteiger partial charge in [0.25, 0.3) is 0 Å². The highest BCUT2D eigenvalue weighted by Crippen LogP contribution is 2.38. The molecule has 0 bridgehead atoms. The van der Waals surface area contributed by atoms with Crippen LogP contribution in [0.25, 0.3) is 0 Å². The lowest BCUT2D eigenvalue weighted by Crippen LogP contribution is -2.53. The molecule has 26 heavy (non-hydrogen) atoms. The van der Waals surface area contributed by atoms with Crippen LogP contribution in [0.4, 0.5) is 0 Å². The molecule has 5 nitrogen and oxygen atoms in total. The quantitative estimate of drug-likeness (QED) is 0.478. The standard InChI is InChI=1S/C21H34O5/c1-7-14(6)17(22)16-18(23)15(9-8-12(2)3)19(24)21(26,20(16)25)11-10-13(4)5/h12-15,25-26H,7-11H2,1-6H3/t14?,15-,21-/m0/s1. The van der Waals surface area contributed by atoms with Gasteiger partial charge in [-0.2, -0.15) is 0 Å². The van der Waals surface area contributed by atoms with Crippen molar-refractivity contribution in [1.82, 2.24) is 0 Å². The second kappa shape index (κ2) is 8.94. The van der Waals surface area contributed by atoms with E-state index in [2.05, 4.69) is 0 Å². The Kier molecular flexibility index (Phi) is 7.75. The number of carbonyl (C=O) groups excluding carboxylic acids is 3. The van der Waals surface area contributed by atoms with E-state index >= 15 is 0 Å². The Balaban J connectivity index is 3.41. The smallest absolute Gasteiger partial charge is 0.182 e. The van der Waals surface area contributed by atoms with E-state index in [-0.39, 0.29) is 30.3 Å². The van der Waals surface area contributed by atoms with Crippen LogP contribution >= 0.6 is 0 Å². The fraction of sp³-hybridized carbons (Fsp3) is 0.762. The van der Waals surface area contributed by atoms with Gasteiger partial charge in [-0.1, -0.05) is 41.5 Å². The molecular weight excluding hydrogens is 332 g/mol. The van der Waals surface area contributed by atoms with Gasteiger partial charge in [-0.3, -0.25) is 14.4 Å². The van der Waals surface area contributed by atoms with E-state index in [0.29, 0.717) is 19.3 Å². The Labute approximate surface area is 156 Å². The normalized spacial score (nSPS) is 25.3. The molecule has 3 atom stereocenters.